The summed E-state index contributed by atoms with van der Waals surface area (Å²) in [6, 6.07) is 7.03. The number of fused-ring (bicyclic) bond motifs is 1. The summed E-state index contributed by atoms with van der Waals surface area (Å²) in [5.74, 6) is 0.503. The Hall–Kier alpha value is -2.56. The van der Waals surface area contributed by atoms with E-state index in [1.807, 2.05) is 30.7 Å². The molecule has 5 nitrogen and oxygen atoms in total. The van der Waals surface area contributed by atoms with Crippen LogP contribution in [-0.2, 0) is 6.54 Å². The van der Waals surface area contributed by atoms with Crippen molar-refractivity contribution in [2.24, 2.45) is 0 Å². The summed E-state index contributed by atoms with van der Waals surface area (Å²) in [6.45, 7) is 4.27. The lowest BCUT2D eigenvalue weighted by molar-refractivity contribution is 0.0697. The molecule has 0 bridgehead atoms. The number of carboxylic acids is 1. The van der Waals surface area contributed by atoms with Crippen molar-refractivity contribution in [3.63, 3.8) is 0 Å². The van der Waals surface area contributed by atoms with E-state index >= 15 is 0 Å². The average Bonchev–Trinajstić information content (AvgIpc) is 2.94. The number of nitrogens with zero attached hydrogens (tertiary/aromatic N) is 2. The second-order valence-electron chi connectivity index (χ2n) is 4.77. The largest absolute Gasteiger partial charge is 0.478 e. The molecule has 0 amide bonds. The molecule has 0 aliphatic heterocycles. The highest BCUT2D eigenvalue weighted by Gasteiger charge is 2.10. The van der Waals surface area contributed by atoms with Crippen LogP contribution in [-0.4, -0.2) is 20.6 Å². The molecule has 0 fully saturated rings. The Morgan fingerprint density at radius 2 is 2.15 bits per heavy atom. The van der Waals surface area contributed by atoms with Crippen LogP contribution < -0.4 is 0 Å². The monoisotopic (exact) mass is 270 g/mol. The highest BCUT2D eigenvalue weighted by atomic mass is 16.4. The van der Waals surface area contributed by atoms with Crippen LogP contribution in [0.25, 0.3) is 10.9 Å². The Morgan fingerprint density at radius 3 is 2.80 bits per heavy atom. The van der Waals surface area contributed by atoms with Crippen molar-refractivity contribution < 1.29 is 14.3 Å². The van der Waals surface area contributed by atoms with Gasteiger partial charge in [-0.15, -0.1) is 0 Å². The van der Waals surface area contributed by atoms with Gasteiger partial charge >= 0.3 is 5.97 Å². The van der Waals surface area contributed by atoms with Crippen LogP contribution in [0.4, 0.5) is 0 Å². The first-order chi connectivity index (χ1) is 9.54. The summed E-state index contributed by atoms with van der Waals surface area (Å²) in [6.07, 6.45) is 1.91. The zero-order chi connectivity index (χ0) is 14.3. The summed E-state index contributed by atoms with van der Waals surface area (Å²) in [4.78, 5) is 15.4. The van der Waals surface area contributed by atoms with E-state index in [2.05, 4.69) is 4.98 Å². The molecule has 0 saturated carbocycles. The molecule has 0 unspecified atom stereocenters. The fraction of sp³-hybridized carbons (Fsp3) is 0.200. The maximum atomic E-state index is 11.0. The first-order valence-electron chi connectivity index (χ1n) is 6.29. The smallest absolute Gasteiger partial charge is 0.335 e. The van der Waals surface area contributed by atoms with Crippen LogP contribution in [0, 0.1) is 13.8 Å². The lowest BCUT2D eigenvalue weighted by atomic mass is 10.2. The lowest BCUT2D eigenvalue weighted by Gasteiger charge is -2.03. The van der Waals surface area contributed by atoms with E-state index in [9.17, 15) is 4.79 Å². The van der Waals surface area contributed by atoms with Crippen LogP contribution >= 0.6 is 0 Å². The lowest BCUT2D eigenvalue weighted by Crippen LogP contribution is -2.00. The van der Waals surface area contributed by atoms with Gasteiger partial charge in [0.25, 0.3) is 0 Å². The second kappa shape index (κ2) is 4.52. The van der Waals surface area contributed by atoms with Crippen LogP contribution in [0.3, 0.4) is 0 Å². The molecule has 0 aliphatic rings. The number of benzene rings is 1. The van der Waals surface area contributed by atoms with Crippen LogP contribution in [0.2, 0.25) is 0 Å². The highest BCUT2D eigenvalue weighted by molar-refractivity contribution is 5.93. The van der Waals surface area contributed by atoms with Crippen molar-refractivity contribution in [3.8, 4) is 0 Å². The summed E-state index contributed by atoms with van der Waals surface area (Å²) >= 11 is 0. The number of oxazole rings is 1. The predicted molar refractivity (Wildman–Crippen MR) is 74.0 cm³/mol. The number of carbonyl (C=O) groups is 1. The topological polar surface area (TPSA) is 68.3 Å². The van der Waals surface area contributed by atoms with E-state index in [4.69, 9.17) is 9.52 Å². The standard InChI is InChI=1S/C15H14N2O3/c1-9-10(2)20-14(16-9)8-17-6-5-11-3-4-12(15(18)19)7-13(11)17/h3-7H,8H2,1-2H3,(H,18,19). The molecule has 0 atom stereocenters. The average molecular weight is 270 g/mol. The van der Waals surface area contributed by atoms with E-state index in [-0.39, 0.29) is 5.56 Å². The van der Waals surface area contributed by atoms with Gasteiger partial charge in [0.1, 0.15) is 5.76 Å². The first kappa shape index (κ1) is 12.5. The van der Waals surface area contributed by atoms with Gasteiger partial charge in [-0.25, -0.2) is 9.78 Å². The Balaban J connectivity index is 2.02. The fourth-order valence-electron chi connectivity index (χ4n) is 2.21. The van der Waals surface area contributed by atoms with Crippen LogP contribution in [0.1, 0.15) is 27.7 Å². The minimum Gasteiger partial charge on any atom is -0.478 e. The Morgan fingerprint density at radius 1 is 1.35 bits per heavy atom. The molecule has 0 radical (unpaired) electrons. The van der Waals surface area contributed by atoms with E-state index in [0.717, 1.165) is 22.4 Å². The van der Waals surface area contributed by atoms with Gasteiger partial charge in [0.05, 0.1) is 17.8 Å². The van der Waals surface area contributed by atoms with Crippen molar-refractivity contribution in [3.05, 3.63) is 53.4 Å². The van der Waals surface area contributed by atoms with Gasteiger partial charge in [-0.1, -0.05) is 6.07 Å². The fourth-order valence-corrected chi connectivity index (χ4v) is 2.21. The molecule has 20 heavy (non-hydrogen) atoms. The summed E-state index contributed by atoms with van der Waals surface area (Å²) in [5.41, 5.74) is 2.01. The van der Waals surface area contributed by atoms with Gasteiger partial charge in [0.15, 0.2) is 0 Å². The number of aromatic carboxylic acids is 1. The molecular weight excluding hydrogens is 256 g/mol. The zero-order valence-electron chi connectivity index (χ0n) is 11.3. The second-order valence-corrected chi connectivity index (χ2v) is 4.77. The van der Waals surface area contributed by atoms with Crippen molar-refractivity contribution >= 4 is 16.9 Å². The molecule has 3 rings (SSSR count). The van der Waals surface area contributed by atoms with Gasteiger partial charge in [0, 0.05) is 11.7 Å². The molecule has 0 spiro atoms. The summed E-state index contributed by atoms with van der Waals surface area (Å²) < 4.78 is 7.50. The quantitative estimate of drug-likeness (QED) is 0.794. The number of hydrogen-bond donors (Lipinski definition) is 1. The van der Waals surface area contributed by atoms with E-state index in [1.54, 1.807) is 18.2 Å². The molecule has 5 heteroatoms. The van der Waals surface area contributed by atoms with Crippen molar-refractivity contribution in [1.82, 2.24) is 9.55 Å². The number of aryl methyl sites for hydroxylation is 2. The molecule has 1 aromatic carbocycles. The molecule has 0 saturated heterocycles. The zero-order valence-corrected chi connectivity index (χ0v) is 11.3. The Kier molecular flexibility index (Phi) is 2.82. The van der Waals surface area contributed by atoms with Crippen molar-refractivity contribution in [2.45, 2.75) is 20.4 Å². The van der Waals surface area contributed by atoms with Gasteiger partial charge in [-0.05, 0) is 37.4 Å². The number of aromatic nitrogens is 2. The molecule has 3 aromatic rings. The third-order valence-electron chi connectivity index (χ3n) is 3.40. The van der Waals surface area contributed by atoms with E-state index < -0.39 is 5.97 Å². The predicted octanol–water partition coefficient (Wildman–Crippen LogP) is 2.99. The number of carboxylic acid groups (broad SMARTS) is 1. The number of rotatable bonds is 3. The van der Waals surface area contributed by atoms with Gasteiger partial charge < -0.3 is 14.1 Å². The minimum absolute atomic E-state index is 0.275. The normalized spacial score (nSPS) is 11.1. The number of hydrogen-bond acceptors (Lipinski definition) is 3. The van der Waals surface area contributed by atoms with Gasteiger partial charge in [0.2, 0.25) is 5.89 Å². The first-order valence-corrected chi connectivity index (χ1v) is 6.29. The van der Waals surface area contributed by atoms with Crippen LogP contribution in [0.15, 0.2) is 34.9 Å². The Bertz CT molecular complexity index is 779. The maximum absolute atomic E-state index is 11.0. The maximum Gasteiger partial charge on any atom is 0.335 e. The Labute approximate surface area is 115 Å². The molecule has 2 aromatic heterocycles. The molecule has 102 valence electrons. The van der Waals surface area contributed by atoms with Crippen LogP contribution in [0.5, 0.6) is 0 Å². The molecule has 1 N–H and O–H groups in total. The third-order valence-corrected chi connectivity index (χ3v) is 3.40. The molecule has 2 heterocycles. The van der Waals surface area contributed by atoms with Crippen molar-refractivity contribution in [2.75, 3.05) is 0 Å². The third kappa shape index (κ3) is 2.07. The van der Waals surface area contributed by atoms with Gasteiger partial charge in [-0.3, -0.25) is 0 Å². The van der Waals surface area contributed by atoms with E-state index in [0.29, 0.717) is 12.4 Å². The van der Waals surface area contributed by atoms with Gasteiger partial charge in [-0.2, -0.15) is 0 Å². The summed E-state index contributed by atoms with van der Waals surface area (Å²) in [7, 11) is 0. The SMILES string of the molecule is Cc1nc(Cn2ccc3ccc(C(=O)O)cc32)oc1C. The highest BCUT2D eigenvalue weighted by Crippen LogP contribution is 2.19. The molecule has 0 aliphatic carbocycles. The molecular formula is C15H14N2O3. The summed E-state index contributed by atoms with van der Waals surface area (Å²) in [5, 5.41) is 10.1. The minimum atomic E-state index is -0.928. The van der Waals surface area contributed by atoms with Crippen molar-refractivity contribution in [1.29, 1.82) is 0 Å². The van der Waals surface area contributed by atoms with E-state index in [1.165, 1.54) is 0 Å².